The molecular formula is C17H16O2. The summed E-state index contributed by atoms with van der Waals surface area (Å²) < 4.78 is 10.9. The summed E-state index contributed by atoms with van der Waals surface area (Å²) in [5.74, 6) is 1.68. The Morgan fingerprint density at radius 2 is 1.63 bits per heavy atom. The van der Waals surface area contributed by atoms with E-state index in [0.29, 0.717) is 0 Å². The summed E-state index contributed by atoms with van der Waals surface area (Å²) in [6.45, 7) is 2.11. The number of benzene rings is 3. The van der Waals surface area contributed by atoms with Crippen LogP contribution >= 0.6 is 0 Å². The van der Waals surface area contributed by atoms with Gasteiger partial charge in [0.15, 0.2) is 0 Å². The van der Waals surface area contributed by atoms with Crippen molar-refractivity contribution in [3.8, 4) is 11.5 Å². The second-order valence-corrected chi connectivity index (χ2v) is 4.67. The monoisotopic (exact) mass is 252 g/mol. The SMILES string of the molecule is COc1cc(OC)c2c(C)cc3ccccc3c2c1. The summed E-state index contributed by atoms with van der Waals surface area (Å²) >= 11 is 0. The molecule has 0 atom stereocenters. The van der Waals surface area contributed by atoms with Crippen LogP contribution in [0.2, 0.25) is 0 Å². The van der Waals surface area contributed by atoms with E-state index in [0.717, 1.165) is 16.9 Å². The second-order valence-electron chi connectivity index (χ2n) is 4.67. The molecule has 0 aromatic heterocycles. The van der Waals surface area contributed by atoms with Crippen molar-refractivity contribution in [3.63, 3.8) is 0 Å². The van der Waals surface area contributed by atoms with Crippen molar-refractivity contribution in [2.75, 3.05) is 14.2 Å². The fourth-order valence-electron chi connectivity index (χ4n) is 2.66. The van der Waals surface area contributed by atoms with Gasteiger partial charge in [0.25, 0.3) is 0 Å². The summed E-state index contributed by atoms with van der Waals surface area (Å²) in [5, 5.41) is 4.79. The van der Waals surface area contributed by atoms with Gasteiger partial charge in [-0.25, -0.2) is 0 Å². The molecule has 0 radical (unpaired) electrons. The first-order valence-electron chi connectivity index (χ1n) is 6.28. The fraction of sp³-hybridized carbons (Fsp3) is 0.176. The van der Waals surface area contributed by atoms with Crippen molar-refractivity contribution < 1.29 is 9.47 Å². The molecule has 0 saturated carbocycles. The molecule has 0 bridgehead atoms. The zero-order chi connectivity index (χ0) is 13.4. The molecule has 3 aromatic carbocycles. The lowest BCUT2D eigenvalue weighted by atomic mass is 9.97. The van der Waals surface area contributed by atoms with Crippen LogP contribution in [0.5, 0.6) is 11.5 Å². The van der Waals surface area contributed by atoms with E-state index in [1.54, 1.807) is 14.2 Å². The predicted octanol–water partition coefficient (Wildman–Crippen LogP) is 4.32. The quantitative estimate of drug-likeness (QED) is 0.632. The molecule has 2 nitrogen and oxygen atoms in total. The molecule has 0 saturated heterocycles. The van der Waals surface area contributed by atoms with Crippen LogP contribution < -0.4 is 9.47 Å². The molecule has 0 unspecified atom stereocenters. The molecule has 0 aliphatic heterocycles. The Morgan fingerprint density at radius 3 is 2.37 bits per heavy atom. The van der Waals surface area contributed by atoms with Gasteiger partial charge < -0.3 is 9.47 Å². The molecule has 0 N–H and O–H groups in total. The summed E-state index contributed by atoms with van der Waals surface area (Å²) in [7, 11) is 3.38. The van der Waals surface area contributed by atoms with Gasteiger partial charge in [0.1, 0.15) is 11.5 Å². The van der Waals surface area contributed by atoms with Gasteiger partial charge in [-0.15, -0.1) is 0 Å². The lowest BCUT2D eigenvalue weighted by Gasteiger charge is -2.13. The van der Waals surface area contributed by atoms with Crippen molar-refractivity contribution in [1.29, 1.82) is 0 Å². The smallest absolute Gasteiger partial charge is 0.130 e. The van der Waals surface area contributed by atoms with Crippen molar-refractivity contribution in [2.24, 2.45) is 0 Å². The van der Waals surface area contributed by atoms with Crippen molar-refractivity contribution in [3.05, 3.63) is 48.0 Å². The Balaban J connectivity index is 2.55. The molecule has 96 valence electrons. The van der Waals surface area contributed by atoms with E-state index in [2.05, 4.69) is 43.3 Å². The summed E-state index contributed by atoms with van der Waals surface area (Å²) in [5.41, 5.74) is 1.22. The maximum atomic E-state index is 5.52. The highest BCUT2D eigenvalue weighted by molar-refractivity contribution is 6.11. The van der Waals surface area contributed by atoms with Crippen molar-refractivity contribution >= 4 is 21.5 Å². The molecule has 3 rings (SSSR count). The Hall–Kier alpha value is -2.22. The van der Waals surface area contributed by atoms with Crippen LogP contribution in [0.3, 0.4) is 0 Å². The first-order chi connectivity index (χ1) is 9.24. The van der Waals surface area contributed by atoms with Gasteiger partial charge in [0, 0.05) is 11.5 Å². The molecule has 0 aliphatic rings. The zero-order valence-electron chi connectivity index (χ0n) is 11.4. The molecule has 19 heavy (non-hydrogen) atoms. The lowest BCUT2D eigenvalue weighted by molar-refractivity contribution is 0.398. The van der Waals surface area contributed by atoms with Gasteiger partial charge in [0.2, 0.25) is 0 Å². The van der Waals surface area contributed by atoms with Crippen LogP contribution in [0.4, 0.5) is 0 Å². The minimum Gasteiger partial charge on any atom is -0.497 e. The number of methoxy groups -OCH3 is 2. The molecule has 0 spiro atoms. The Bertz CT molecular complexity index is 760. The number of ether oxygens (including phenoxy) is 2. The van der Waals surface area contributed by atoms with E-state index in [1.807, 2.05) is 6.07 Å². The lowest BCUT2D eigenvalue weighted by Crippen LogP contribution is -1.91. The Kier molecular flexibility index (Phi) is 2.79. The summed E-state index contributed by atoms with van der Waals surface area (Å²) in [6.07, 6.45) is 0. The first-order valence-corrected chi connectivity index (χ1v) is 6.28. The van der Waals surface area contributed by atoms with Gasteiger partial charge in [-0.05, 0) is 34.7 Å². The van der Waals surface area contributed by atoms with E-state index in [-0.39, 0.29) is 0 Å². The highest BCUT2D eigenvalue weighted by Crippen LogP contribution is 2.37. The van der Waals surface area contributed by atoms with E-state index in [4.69, 9.17) is 9.47 Å². The normalized spacial score (nSPS) is 10.9. The number of rotatable bonds is 2. The topological polar surface area (TPSA) is 18.5 Å². The van der Waals surface area contributed by atoms with Crippen LogP contribution in [0.1, 0.15) is 5.56 Å². The average molecular weight is 252 g/mol. The Morgan fingerprint density at radius 1 is 0.842 bits per heavy atom. The van der Waals surface area contributed by atoms with Crippen LogP contribution in [-0.4, -0.2) is 14.2 Å². The second kappa shape index (κ2) is 4.47. The largest absolute Gasteiger partial charge is 0.497 e. The summed E-state index contributed by atoms with van der Waals surface area (Å²) in [4.78, 5) is 0. The molecule has 0 heterocycles. The van der Waals surface area contributed by atoms with Gasteiger partial charge in [0.05, 0.1) is 14.2 Å². The van der Waals surface area contributed by atoms with E-state index in [1.165, 1.54) is 21.7 Å². The third kappa shape index (κ3) is 1.80. The van der Waals surface area contributed by atoms with Gasteiger partial charge in [-0.1, -0.05) is 30.3 Å². The average Bonchev–Trinajstić information content (AvgIpc) is 2.46. The maximum Gasteiger partial charge on any atom is 0.130 e. The van der Waals surface area contributed by atoms with Crippen LogP contribution in [0, 0.1) is 6.92 Å². The summed E-state index contributed by atoms with van der Waals surface area (Å²) in [6, 6.07) is 14.6. The first kappa shape index (κ1) is 11.8. The molecule has 0 amide bonds. The number of hydrogen-bond acceptors (Lipinski definition) is 2. The third-order valence-corrected chi connectivity index (χ3v) is 3.55. The molecule has 0 aliphatic carbocycles. The minimum atomic E-state index is 0.820. The number of aryl methyl sites for hydroxylation is 1. The van der Waals surface area contributed by atoms with E-state index >= 15 is 0 Å². The van der Waals surface area contributed by atoms with E-state index in [9.17, 15) is 0 Å². The van der Waals surface area contributed by atoms with Gasteiger partial charge in [-0.3, -0.25) is 0 Å². The van der Waals surface area contributed by atoms with Gasteiger partial charge in [-0.2, -0.15) is 0 Å². The number of hydrogen-bond donors (Lipinski definition) is 0. The van der Waals surface area contributed by atoms with Crippen molar-refractivity contribution in [1.82, 2.24) is 0 Å². The molecular weight excluding hydrogens is 236 g/mol. The highest BCUT2D eigenvalue weighted by Gasteiger charge is 2.11. The predicted molar refractivity (Wildman–Crippen MR) is 79.3 cm³/mol. The van der Waals surface area contributed by atoms with E-state index < -0.39 is 0 Å². The van der Waals surface area contributed by atoms with Crippen LogP contribution in [0.25, 0.3) is 21.5 Å². The minimum absolute atomic E-state index is 0.820. The molecule has 2 heteroatoms. The fourth-order valence-corrected chi connectivity index (χ4v) is 2.66. The maximum absolute atomic E-state index is 5.52. The van der Waals surface area contributed by atoms with Crippen molar-refractivity contribution in [2.45, 2.75) is 6.92 Å². The third-order valence-electron chi connectivity index (χ3n) is 3.55. The standard InChI is InChI=1S/C17H16O2/c1-11-8-12-6-4-5-7-14(12)15-9-13(18-2)10-16(19-3)17(11)15/h4-10H,1-3H3. The molecule has 3 aromatic rings. The highest BCUT2D eigenvalue weighted by atomic mass is 16.5. The number of fused-ring (bicyclic) bond motifs is 3. The zero-order valence-corrected chi connectivity index (χ0v) is 11.4. The van der Waals surface area contributed by atoms with Crippen LogP contribution in [-0.2, 0) is 0 Å². The Labute approximate surface area is 112 Å². The molecule has 0 fully saturated rings. The van der Waals surface area contributed by atoms with Gasteiger partial charge >= 0.3 is 0 Å². The van der Waals surface area contributed by atoms with Crippen LogP contribution in [0.15, 0.2) is 42.5 Å².